The zero-order chi connectivity index (χ0) is 77.4. The molecule has 0 aliphatic heterocycles. The van der Waals surface area contributed by atoms with E-state index in [-0.39, 0.29) is 25.7 Å². The molecule has 0 aliphatic rings. The van der Waals surface area contributed by atoms with Gasteiger partial charge in [-0.3, -0.25) is 37.3 Å². The molecule has 0 aromatic heterocycles. The molecule has 0 saturated heterocycles. The molecule has 5 atom stereocenters. The molecule has 600 valence electrons. The fourth-order valence-corrected chi connectivity index (χ4v) is 11.5. The van der Waals surface area contributed by atoms with Gasteiger partial charge in [0.05, 0.1) is 26.4 Å². The Morgan fingerprint density at radius 1 is 0.264 bits per heavy atom. The van der Waals surface area contributed by atoms with Gasteiger partial charge in [-0.15, -0.1) is 0 Å². The van der Waals surface area contributed by atoms with Crippen molar-refractivity contribution in [3.8, 4) is 0 Å². The SMILES string of the molecule is CC/C=C\C/C=C\C/C=C\C/C=C\C/C=C\CCCCCC(=O)OCC(COP(=O)(O)OCC(O)COP(=O)(O)OCC(COC(=O)CCCCCCCCC/C=C\C/C=C\C/C=C\CC)OC(=O)CCCCCCC/C=C\C/C=C\C/C=C\CC)OC(=O)CCCC/C=C\C/C=C\C/C=C\C/C=C\CC. The van der Waals surface area contributed by atoms with E-state index in [0.717, 1.165) is 199 Å². The van der Waals surface area contributed by atoms with E-state index in [2.05, 4.69) is 210 Å². The number of allylic oxidation sites excluding steroid dienone is 30. The number of carbonyl (C=O) groups excluding carboxylic acids is 4. The quantitative estimate of drug-likeness (QED) is 0.0169. The zero-order valence-corrected chi connectivity index (χ0v) is 67.3. The normalized spacial score (nSPS) is 14.8. The standard InChI is InChI=1S/C87H140O17P2/c1-5-9-13-17-21-25-29-33-37-39-40-42-46-48-52-56-60-64-68-72-85(90)98-78-83(104-87(92)74-70-66-62-58-54-50-44-36-32-28-24-20-16-12-8-4)80-102-106(95,96)100-76-81(88)75-99-105(93,94)101-79-82(103-86(91)73-69-65-61-57-53-49-43-35-31-27-23-19-15-11-7-3)77-97-84(89)71-67-63-59-55-51-47-45-41-38-34-30-26-22-18-14-10-6-2/h9-16,21-28,33-38,40,42-44,48,52,54,58,81-83,88H,5-8,17-20,29-32,39,41,45-47,49-51,53,55-57,59-80H2,1-4H3,(H,93,94)(H,95,96)/b13-9-,14-10-,15-11-,16-12-,25-21-,26-22-,27-23-,28-24-,37-33-,38-34-,42-40-,43-35-,44-36-,52-48-,58-54-. The first kappa shape index (κ1) is 100. The van der Waals surface area contributed by atoms with E-state index in [1.54, 1.807) is 0 Å². The number of phosphoric ester groups is 2. The summed E-state index contributed by atoms with van der Waals surface area (Å²) in [6, 6.07) is 0. The van der Waals surface area contributed by atoms with Gasteiger partial charge >= 0.3 is 39.5 Å². The lowest BCUT2D eigenvalue weighted by Crippen LogP contribution is -2.30. The Bertz CT molecular complexity index is 2730. The van der Waals surface area contributed by atoms with Crippen LogP contribution in [-0.2, 0) is 65.4 Å². The smallest absolute Gasteiger partial charge is 0.462 e. The molecule has 19 heteroatoms. The average Bonchev–Trinajstić information content (AvgIpc) is 0.909. The van der Waals surface area contributed by atoms with Gasteiger partial charge in [-0.1, -0.05) is 268 Å². The second-order valence-electron chi connectivity index (χ2n) is 25.8. The van der Waals surface area contributed by atoms with Crippen molar-refractivity contribution >= 4 is 39.5 Å². The summed E-state index contributed by atoms with van der Waals surface area (Å²) in [5, 5.41) is 10.6. The third-order valence-corrected chi connectivity index (χ3v) is 17.8. The summed E-state index contributed by atoms with van der Waals surface area (Å²) in [6.07, 6.45) is 93.0. The minimum absolute atomic E-state index is 0.0276. The molecule has 5 unspecified atom stereocenters. The van der Waals surface area contributed by atoms with Crippen molar-refractivity contribution in [2.24, 2.45) is 0 Å². The van der Waals surface area contributed by atoms with Crippen LogP contribution in [0.15, 0.2) is 182 Å². The topological polar surface area (TPSA) is 237 Å². The van der Waals surface area contributed by atoms with E-state index in [4.69, 9.17) is 37.0 Å². The second kappa shape index (κ2) is 77.3. The molecule has 0 heterocycles. The lowest BCUT2D eigenvalue weighted by atomic mass is 10.1. The van der Waals surface area contributed by atoms with Crippen LogP contribution in [0.25, 0.3) is 0 Å². The Labute approximate surface area is 641 Å². The van der Waals surface area contributed by atoms with Crippen molar-refractivity contribution in [2.75, 3.05) is 39.6 Å². The third-order valence-electron chi connectivity index (χ3n) is 15.9. The van der Waals surface area contributed by atoms with Crippen LogP contribution in [0.5, 0.6) is 0 Å². The molecule has 0 saturated carbocycles. The number of rotatable bonds is 73. The average molecular weight is 1520 g/mol. The molecule has 0 amide bonds. The summed E-state index contributed by atoms with van der Waals surface area (Å²) in [6.45, 7) is 4.29. The highest BCUT2D eigenvalue weighted by Gasteiger charge is 2.30. The number of aliphatic hydroxyl groups is 1. The van der Waals surface area contributed by atoms with Gasteiger partial charge < -0.3 is 33.8 Å². The summed E-state index contributed by atoms with van der Waals surface area (Å²) >= 11 is 0. The Kier molecular flexibility index (Phi) is 73.1. The van der Waals surface area contributed by atoms with Crippen LogP contribution in [0, 0.1) is 0 Å². The molecule has 3 N–H and O–H groups in total. The maximum absolute atomic E-state index is 13.1. The highest BCUT2D eigenvalue weighted by atomic mass is 31.2. The Hall–Kier alpha value is -5.84. The number of aliphatic hydroxyl groups excluding tert-OH is 1. The zero-order valence-electron chi connectivity index (χ0n) is 65.5. The number of esters is 4. The summed E-state index contributed by atoms with van der Waals surface area (Å²) in [5.41, 5.74) is 0. The van der Waals surface area contributed by atoms with Gasteiger partial charge in [-0.2, -0.15) is 0 Å². The van der Waals surface area contributed by atoms with Crippen molar-refractivity contribution in [1.82, 2.24) is 0 Å². The molecule has 0 spiro atoms. The van der Waals surface area contributed by atoms with Crippen LogP contribution < -0.4 is 0 Å². The molecule has 0 aromatic rings. The van der Waals surface area contributed by atoms with Crippen molar-refractivity contribution in [3.63, 3.8) is 0 Å². The van der Waals surface area contributed by atoms with Gasteiger partial charge in [0, 0.05) is 25.7 Å². The van der Waals surface area contributed by atoms with E-state index in [0.29, 0.717) is 32.1 Å². The first-order valence-electron chi connectivity index (χ1n) is 40.0. The van der Waals surface area contributed by atoms with Crippen LogP contribution >= 0.6 is 15.6 Å². The van der Waals surface area contributed by atoms with Crippen LogP contribution in [0.3, 0.4) is 0 Å². The largest absolute Gasteiger partial charge is 0.472 e. The second-order valence-corrected chi connectivity index (χ2v) is 28.7. The van der Waals surface area contributed by atoms with Gasteiger partial charge in [-0.25, -0.2) is 9.13 Å². The van der Waals surface area contributed by atoms with E-state index >= 15 is 0 Å². The van der Waals surface area contributed by atoms with E-state index in [1.807, 2.05) is 0 Å². The predicted molar refractivity (Wildman–Crippen MR) is 436 cm³/mol. The lowest BCUT2D eigenvalue weighted by molar-refractivity contribution is -0.161. The molecule has 0 fully saturated rings. The third kappa shape index (κ3) is 76.4. The number of carbonyl (C=O) groups is 4. The molecule has 0 bridgehead atoms. The molecule has 0 rings (SSSR count). The number of ether oxygens (including phenoxy) is 4. The van der Waals surface area contributed by atoms with Crippen LogP contribution in [0.1, 0.15) is 285 Å². The number of hydrogen-bond acceptors (Lipinski definition) is 15. The summed E-state index contributed by atoms with van der Waals surface area (Å²) in [5.74, 6) is -2.30. The molecule has 0 aliphatic carbocycles. The Balaban J connectivity index is 5.46. The van der Waals surface area contributed by atoms with Crippen molar-refractivity contribution in [3.05, 3.63) is 182 Å². The van der Waals surface area contributed by atoms with Crippen LogP contribution in [0.2, 0.25) is 0 Å². The van der Waals surface area contributed by atoms with Crippen LogP contribution in [0.4, 0.5) is 0 Å². The Morgan fingerprint density at radius 2 is 0.462 bits per heavy atom. The maximum Gasteiger partial charge on any atom is 0.472 e. The van der Waals surface area contributed by atoms with E-state index in [1.165, 1.54) is 0 Å². The molecule has 0 aromatic carbocycles. The lowest BCUT2D eigenvalue weighted by Gasteiger charge is -2.21. The minimum atomic E-state index is -5.01. The van der Waals surface area contributed by atoms with E-state index < -0.39 is 97.5 Å². The molecular formula is C87H140O17P2. The van der Waals surface area contributed by atoms with Crippen LogP contribution in [-0.4, -0.2) is 96.7 Å². The number of hydrogen-bond donors (Lipinski definition) is 3. The highest BCUT2D eigenvalue weighted by molar-refractivity contribution is 7.47. The van der Waals surface area contributed by atoms with Gasteiger partial charge in [0.25, 0.3) is 0 Å². The number of phosphoric acid groups is 2. The van der Waals surface area contributed by atoms with Crippen molar-refractivity contribution in [1.29, 1.82) is 0 Å². The Morgan fingerprint density at radius 3 is 0.736 bits per heavy atom. The highest BCUT2D eigenvalue weighted by Crippen LogP contribution is 2.45. The van der Waals surface area contributed by atoms with Crippen molar-refractivity contribution in [2.45, 2.75) is 303 Å². The summed E-state index contributed by atoms with van der Waals surface area (Å²) in [7, 11) is -10.0. The van der Waals surface area contributed by atoms with Gasteiger partial charge in [0.1, 0.15) is 19.3 Å². The monoisotopic (exact) mass is 1520 g/mol. The fraction of sp³-hybridized carbons (Fsp3) is 0.609. The predicted octanol–water partition coefficient (Wildman–Crippen LogP) is 23.6. The molecule has 0 radical (unpaired) electrons. The fourth-order valence-electron chi connectivity index (χ4n) is 9.91. The molecule has 106 heavy (non-hydrogen) atoms. The number of unbranched alkanes of at least 4 members (excludes halogenated alkanes) is 17. The minimum Gasteiger partial charge on any atom is -0.462 e. The first-order chi connectivity index (χ1) is 51.7. The van der Waals surface area contributed by atoms with Crippen molar-refractivity contribution < 1.29 is 80.2 Å². The van der Waals surface area contributed by atoms with E-state index in [9.17, 15) is 43.2 Å². The summed E-state index contributed by atoms with van der Waals surface area (Å²) < 4.78 is 68.6. The summed E-state index contributed by atoms with van der Waals surface area (Å²) in [4.78, 5) is 73.1. The molecule has 17 nitrogen and oxygen atoms in total. The van der Waals surface area contributed by atoms with Gasteiger partial charge in [-0.05, 0) is 173 Å². The molecular weight excluding hydrogens is 1380 g/mol. The van der Waals surface area contributed by atoms with Gasteiger partial charge in [0.2, 0.25) is 0 Å². The first-order valence-corrected chi connectivity index (χ1v) is 43.0. The van der Waals surface area contributed by atoms with Gasteiger partial charge in [0.15, 0.2) is 12.2 Å². The maximum atomic E-state index is 13.1.